The second-order valence-corrected chi connectivity index (χ2v) is 6.85. The SMILES string of the molecule is Clc1ccc([SiH](Cl)Cl)cc1. The van der Waals surface area contributed by atoms with Gasteiger partial charge in [0.05, 0.1) is 0 Å². The van der Waals surface area contributed by atoms with Crippen molar-refractivity contribution in [3.8, 4) is 0 Å². The Bertz CT molecular complexity index is 207. The van der Waals surface area contributed by atoms with Gasteiger partial charge in [0.25, 0.3) is 7.42 Å². The average Bonchev–Trinajstić information content (AvgIpc) is 1.88. The molecule has 0 aliphatic heterocycles. The summed E-state index contributed by atoms with van der Waals surface area (Å²) in [6.07, 6.45) is 0. The minimum atomic E-state index is -1.66. The quantitative estimate of drug-likeness (QED) is 0.494. The van der Waals surface area contributed by atoms with Crippen LogP contribution in [0.25, 0.3) is 0 Å². The van der Waals surface area contributed by atoms with Crippen LogP contribution in [0.3, 0.4) is 0 Å². The van der Waals surface area contributed by atoms with Gasteiger partial charge >= 0.3 is 0 Å². The molecule has 1 aromatic carbocycles. The Morgan fingerprint density at radius 1 is 1.00 bits per heavy atom. The summed E-state index contributed by atoms with van der Waals surface area (Å²) in [6.45, 7) is 0. The lowest BCUT2D eigenvalue weighted by Crippen LogP contribution is -2.16. The molecule has 0 bridgehead atoms. The van der Waals surface area contributed by atoms with Crippen LogP contribution in [0.1, 0.15) is 0 Å². The molecule has 4 heteroatoms. The van der Waals surface area contributed by atoms with E-state index in [0.29, 0.717) is 5.02 Å². The normalized spacial score (nSPS) is 10.4. The van der Waals surface area contributed by atoms with Gasteiger partial charge in [0.1, 0.15) is 0 Å². The van der Waals surface area contributed by atoms with E-state index in [1.54, 1.807) is 12.1 Å². The monoisotopic (exact) mass is 210 g/mol. The second-order valence-electron chi connectivity index (χ2n) is 1.85. The molecular weight excluding hydrogens is 207 g/mol. The maximum Gasteiger partial charge on any atom is 0.266 e. The molecule has 0 nitrogen and oxygen atoms in total. The summed E-state index contributed by atoms with van der Waals surface area (Å²) < 4.78 is 0. The highest BCUT2D eigenvalue weighted by atomic mass is 35.7. The summed E-state index contributed by atoms with van der Waals surface area (Å²) in [6, 6.07) is 7.31. The van der Waals surface area contributed by atoms with Gasteiger partial charge in [-0.3, -0.25) is 0 Å². The molecule has 10 heavy (non-hydrogen) atoms. The molecule has 0 aliphatic carbocycles. The topological polar surface area (TPSA) is 0 Å². The third-order valence-corrected chi connectivity index (χ3v) is 3.77. The maximum atomic E-state index is 5.72. The molecule has 0 aliphatic rings. The zero-order chi connectivity index (χ0) is 7.56. The van der Waals surface area contributed by atoms with Crippen LogP contribution in [-0.2, 0) is 0 Å². The Balaban J connectivity index is 2.89. The van der Waals surface area contributed by atoms with Gasteiger partial charge in [0.15, 0.2) is 0 Å². The first-order chi connectivity index (χ1) is 4.70. The summed E-state index contributed by atoms with van der Waals surface area (Å²) in [7, 11) is -1.66. The lowest BCUT2D eigenvalue weighted by Gasteiger charge is -1.97. The molecule has 0 aromatic heterocycles. The molecule has 1 rings (SSSR count). The molecule has 0 spiro atoms. The Morgan fingerprint density at radius 3 is 1.90 bits per heavy atom. The first-order valence-electron chi connectivity index (χ1n) is 2.74. The van der Waals surface area contributed by atoms with Crippen LogP contribution in [0.5, 0.6) is 0 Å². The fourth-order valence-corrected chi connectivity index (χ4v) is 2.09. The summed E-state index contributed by atoms with van der Waals surface area (Å²) in [5, 5.41) is 1.72. The van der Waals surface area contributed by atoms with E-state index < -0.39 is 7.42 Å². The van der Waals surface area contributed by atoms with E-state index in [1.807, 2.05) is 12.1 Å². The van der Waals surface area contributed by atoms with Crippen molar-refractivity contribution < 1.29 is 0 Å². The predicted octanol–water partition coefficient (Wildman–Crippen LogP) is 2.25. The molecule has 54 valence electrons. The molecular formula is C6H5Cl3Si. The van der Waals surface area contributed by atoms with Gasteiger partial charge in [-0.2, -0.15) is 0 Å². The van der Waals surface area contributed by atoms with Gasteiger partial charge in [-0.05, 0) is 17.3 Å². The molecule has 0 heterocycles. The van der Waals surface area contributed by atoms with Crippen LogP contribution in [0, 0.1) is 0 Å². The molecule has 0 amide bonds. The van der Waals surface area contributed by atoms with Crippen molar-refractivity contribution in [3.63, 3.8) is 0 Å². The van der Waals surface area contributed by atoms with Crippen LogP contribution >= 0.6 is 33.8 Å². The Labute approximate surface area is 75.7 Å². The molecule has 0 N–H and O–H groups in total. The fourth-order valence-electron chi connectivity index (χ4n) is 0.608. The van der Waals surface area contributed by atoms with E-state index in [9.17, 15) is 0 Å². The number of benzene rings is 1. The van der Waals surface area contributed by atoms with E-state index in [4.69, 9.17) is 33.8 Å². The van der Waals surface area contributed by atoms with Crippen LogP contribution < -0.4 is 5.19 Å². The summed E-state index contributed by atoms with van der Waals surface area (Å²) in [5.41, 5.74) is 0. The smallest absolute Gasteiger partial charge is 0.144 e. The molecule has 0 fully saturated rings. The van der Waals surface area contributed by atoms with E-state index >= 15 is 0 Å². The zero-order valence-electron chi connectivity index (χ0n) is 5.02. The van der Waals surface area contributed by atoms with E-state index in [2.05, 4.69) is 0 Å². The number of hydrogen-bond acceptors (Lipinski definition) is 0. The van der Waals surface area contributed by atoms with Crippen molar-refractivity contribution >= 4 is 46.4 Å². The van der Waals surface area contributed by atoms with Crippen molar-refractivity contribution in [2.24, 2.45) is 0 Å². The minimum absolute atomic E-state index is 0.715. The highest BCUT2D eigenvalue weighted by Crippen LogP contribution is 2.06. The molecule has 0 saturated carbocycles. The van der Waals surface area contributed by atoms with Crippen molar-refractivity contribution in [2.45, 2.75) is 0 Å². The standard InChI is InChI=1S/C6H5Cl3Si/c7-5-1-3-6(4-2-5)10(8)9/h1-4,10H. The maximum absolute atomic E-state index is 5.72. The van der Waals surface area contributed by atoms with E-state index in [0.717, 1.165) is 5.19 Å². The van der Waals surface area contributed by atoms with E-state index in [-0.39, 0.29) is 0 Å². The average molecular weight is 212 g/mol. The van der Waals surface area contributed by atoms with Gasteiger partial charge in [0.2, 0.25) is 0 Å². The number of halogens is 3. The highest BCUT2D eigenvalue weighted by Gasteiger charge is 2.03. The molecule has 0 atom stereocenters. The number of hydrogen-bond donors (Lipinski definition) is 0. The summed E-state index contributed by atoms with van der Waals surface area (Å²) in [4.78, 5) is 0. The van der Waals surface area contributed by atoms with Gasteiger partial charge < -0.3 is 0 Å². The molecule has 1 aromatic rings. The number of rotatable bonds is 1. The van der Waals surface area contributed by atoms with Crippen molar-refractivity contribution in [1.29, 1.82) is 0 Å². The van der Waals surface area contributed by atoms with Crippen LogP contribution in [0.2, 0.25) is 5.02 Å². The highest BCUT2D eigenvalue weighted by molar-refractivity contribution is 7.39. The van der Waals surface area contributed by atoms with Crippen LogP contribution in [-0.4, -0.2) is 7.42 Å². The Hall–Kier alpha value is 0.307. The van der Waals surface area contributed by atoms with Crippen molar-refractivity contribution in [3.05, 3.63) is 29.3 Å². The summed E-state index contributed by atoms with van der Waals surface area (Å²) >= 11 is 17.1. The van der Waals surface area contributed by atoms with Crippen LogP contribution in [0.4, 0.5) is 0 Å². The molecule has 0 saturated heterocycles. The first kappa shape index (κ1) is 8.40. The van der Waals surface area contributed by atoms with Crippen molar-refractivity contribution in [1.82, 2.24) is 0 Å². The van der Waals surface area contributed by atoms with Crippen LogP contribution in [0.15, 0.2) is 24.3 Å². The fraction of sp³-hybridized carbons (Fsp3) is 0. The Kier molecular flexibility index (Phi) is 3.05. The summed E-state index contributed by atoms with van der Waals surface area (Å²) in [5.74, 6) is 0. The Morgan fingerprint density at radius 2 is 1.50 bits per heavy atom. The van der Waals surface area contributed by atoms with Gasteiger partial charge in [-0.1, -0.05) is 23.7 Å². The third kappa shape index (κ3) is 2.17. The van der Waals surface area contributed by atoms with E-state index in [1.165, 1.54) is 0 Å². The lowest BCUT2D eigenvalue weighted by atomic mass is 10.4. The lowest BCUT2D eigenvalue weighted by molar-refractivity contribution is 1.77. The largest absolute Gasteiger partial charge is 0.266 e. The van der Waals surface area contributed by atoms with Crippen molar-refractivity contribution in [2.75, 3.05) is 0 Å². The molecule has 0 radical (unpaired) electrons. The third-order valence-electron chi connectivity index (χ3n) is 1.12. The first-order valence-corrected chi connectivity index (χ1v) is 7.18. The molecule has 0 unspecified atom stereocenters. The second kappa shape index (κ2) is 3.63. The van der Waals surface area contributed by atoms with Gasteiger partial charge in [-0.15, -0.1) is 22.2 Å². The van der Waals surface area contributed by atoms with Gasteiger partial charge in [-0.25, -0.2) is 0 Å². The minimum Gasteiger partial charge on any atom is -0.144 e. The predicted molar refractivity (Wildman–Crippen MR) is 49.9 cm³/mol. The van der Waals surface area contributed by atoms with Gasteiger partial charge in [0, 0.05) is 5.02 Å². The zero-order valence-corrected chi connectivity index (χ0v) is 8.44.